The fourth-order valence-corrected chi connectivity index (χ4v) is 3.64. The Morgan fingerprint density at radius 1 is 1.00 bits per heavy atom. The van der Waals surface area contributed by atoms with Gasteiger partial charge in [0, 0.05) is 28.7 Å². The number of para-hydroxylation sites is 2. The highest BCUT2D eigenvalue weighted by Gasteiger charge is 2.14. The fraction of sp³-hybridized carbons (Fsp3) is 0.120. The molecule has 1 N–H and O–H groups in total. The number of carbonyl (C=O) groups excluding carboxylic acids is 1. The number of ether oxygens (including phenoxy) is 1. The van der Waals surface area contributed by atoms with E-state index in [1.165, 1.54) is 5.56 Å². The number of hydrazone groups is 1. The van der Waals surface area contributed by atoms with E-state index in [0.717, 1.165) is 28.7 Å². The molecule has 0 atom stereocenters. The molecule has 30 heavy (non-hydrogen) atoms. The van der Waals surface area contributed by atoms with Crippen molar-refractivity contribution in [3.05, 3.63) is 101 Å². The van der Waals surface area contributed by atoms with E-state index in [4.69, 9.17) is 4.74 Å². The topological polar surface area (TPSA) is 55.6 Å². The number of amides is 1. The van der Waals surface area contributed by atoms with E-state index in [-0.39, 0.29) is 5.91 Å². The van der Waals surface area contributed by atoms with Crippen molar-refractivity contribution in [1.29, 1.82) is 0 Å². The van der Waals surface area contributed by atoms with Crippen LogP contribution in [0.15, 0.2) is 84.0 Å². The number of aromatic nitrogens is 1. The smallest absolute Gasteiger partial charge is 0.275 e. The lowest BCUT2D eigenvalue weighted by molar-refractivity contribution is 0.0952. The van der Waals surface area contributed by atoms with Gasteiger partial charge in [-0.05, 0) is 30.7 Å². The zero-order valence-corrected chi connectivity index (χ0v) is 17.0. The van der Waals surface area contributed by atoms with Gasteiger partial charge in [-0.25, -0.2) is 5.43 Å². The van der Waals surface area contributed by atoms with Crippen molar-refractivity contribution in [2.45, 2.75) is 13.5 Å². The molecule has 0 unspecified atom stereocenters. The Morgan fingerprint density at radius 3 is 2.50 bits per heavy atom. The van der Waals surface area contributed by atoms with Gasteiger partial charge in [-0.15, -0.1) is 0 Å². The molecular weight excluding hydrogens is 374 g/mol. The van der Waals surface area contributed by atoms with Gasteiger partial charge in [-0.1, -0.05) is 60.7 Å². The Labute approximate surface area is 175 Å². The molecule has 0 saturated heterocycles. The lowest BCUT2D eigenvalue weighted by Gasteiger charge is -2.08. The summed E-state index contributed by atoms with van der Waals surface area (Å²) in [6, 6.07) is 25.7. The molecule has 0 spiro atoms. The minimum absolute atomic E-state index is 0.311. The minimum Gasteiger partial charge on any atom is -0.496 e. The summed E-state index contributed by atoms with van der Waals surface area (Å²) in [7, 11) is 1.54. The van der Waals surface area contributed by atoms with E-state index in [0.29, 0.717) is 11.3 Å². The number of rotatable bonds is 6. The van der Waals surface area contributed by atoms with E-state index in [2.05, 4.69) is 46.3 Å². The lowest BCUT2D eigenvalue weighted by Crippen LogP contribution is -2.18. The van der Waals surface area contributed by atoms with Crippen LogP contribution >= 0.6 is 0 Å². The molecule has 0 aliphatic rings. The van der Waals surface area contributed by atoms with Crippen LogP contribution in [0.2, 0.25) is 0 Å². The van der Waals surface area contributed by atoms with Gasteiger partial charge in [0.1, 0.15) is 5.75 Å². The molecule has 0 fully saturated rings. The van der Waals surface area contributed by atoms with Crippen molar-refractivity contribution < 1.29 is 9.53 Å². The number of hydrogen-bond donors (Lipinski definition) is 1. The maximum absolute atomic E-state index is 12.5. The average Bonchev–Trinajstić information content (AvgIpc) is 3.05. The summed E-state index contributed by atoms with van der Waals surface area (Å²) < 4.78 is 7.52. The second kappa shape index (κ2) is 8.66. The zero-order valence-electron chi connectivity index (χ0n) is 17.0. The Kier molecular flexibility index (Phi) is 5.61. The van der Waals surface area contributed by atoms with Crippen LogP contribution in [-0.2, 0) is 6.54 Å². The van der Waals surface area contributed by atoms with E-state index >= 15 is 0 Å². The number of nitrogens with one attached hydrogen (secondary N) is 1. The first-order chi connectivity index (χ1) is 14.7. The van der Waals surface area contributed by atoms with E-state index in [9.17, 15) is 4.79 Å². The predicted octanol–water partition coefficient (Wildman–Crippen LogP) is 4.77. The molecule has 4 rings (SSSR count). The highest BCUT2D eigenvalue weighted by molar-refractivity contribution is 6.02. The fourth-order valence-electron chi connectivity index (χ4n) is 3.64. The summed E-state index contributed by atoms with van der Waals surface area (Å²) in [4.78, 5) is 12.5. The minimum atomic E-state index is -0.311. The summed E-state index contributed by atoms with van der Waals surface area (Å²) in [5, 5.41) is 5.33. The van der Waals surface area contributed by atoms with E-state index in [1.807, 2.05) is 36.4 Å². The standard InChI is InChI=1S/C25H23N3O2/c1-18-22(16-26-27-25(29)21-13-7-9-15-24(21)30-2)20-12-6-8-14-23(20)28(18)17-19-10-4-3-5-11-19/h3-16H,17H2,1-2H3,(H,27,29)/b26-16+. The van der Waals surface area contributed by atoms with Crippen LogP contribution in [0.1, 0.15) is 27.2 Å². The Morgan fingerprint density at radius 2 is 1.70 bits per heavy atom. The van der Waals surface area contributed by atoms with Gasteiger partial charge in [-0.3, -0.25) is 4.79 Å². The molecule has 1 heterocycles. The SMILES string of the molecule is COc1ccccc1C(=O)N/N=C/c1c(C)n(Cc2ccccc2)c2ccccc12. The van der Waals surface area contributed by atoms with Crippen LogP contribution in [0.3, 0.4) is 0 Å². The highest BCUT2D eigenvalue weighted by atomic mass is 16.5. The number of benzene rings is 3. The molecule has 0 aliphatic carbocycles. The van der Waals surface area contributed by atoms with Crippen LogP contribution in [0.4, 0.5) is 0 Å². The van der Waals surface area contributed by atoms with Gasteiger partial charge >= 0.3 is 0 Å². The van der Waals surface area contributed by atoms with Crippen LogP contribution in [0, 0.1) is 6.92 Å². The third-order valence-electron chi connectivity index (χ3n) is 5.17. The first kappa shape index (κ1) is 19.5. The van der Waals surface area contributed by atoms with Gasteiger partial charge in [0.05, 0.1) is 18.9 Å². The van der Waals surface area contributed by atoms with Gasteiger partial charge in [-0.2, -0.15) is 5.10 Å². The third-order valence-corrected chi connectivity index (χ3v) is 5.17. The normalized spacial score (nSPS) is 11.1. The second-order valence-corrected chi connectivity index (χ2v) is 6.99. The van der Waals surface area contributed by atoms with Gasteiger partial charge in [0.2, 0.25) is 0 Å². The van der Waals surface area contributed by atoms with Crippen molar-refractivity contribution in [2.75, 3.05) is 7.11 Å². The maximum Gasteiger partial charge on any atom is 0.275 e. The molecule has 3 aromatic carbocycles. The molecular formula is C25H23N3O2. The summed E-state index contributed by atoms with van der Waals surface area (Å²) >= 11 is 0. The summed E-state index contributed by atoms with van der Waals surface area (Å²) in [5.74, 6) is 0.204. The van der Waals surface area contributed by atoms with Crippen LogP contribution in [-0.4, -0.2) is 23.8 Å². The Hall–Kier alpha value is -3.86. The van der Waals surface area contributed by atoms with Gasteiger partial charge in [0.25, 0.3) is 5.91 Å². The first-order valence-electron chi connectivity index (χ1n) is 9.77. The van der Waals surface area contributed by atoms with Crippen molar-refractivity contribution in [2.24, 2.45) is 5.10 Å². The van der Waals surface area contributed by atoms with Crippen LogP contribution in [0.5, 0.6) is 5.75 Å². The highest BCUT2D eigenvalue weighted by Crippen LogP contribution is 2.25. The van der Waals surface area contributed by atoms with Crippen LogP contribution in [0.25, 0.3) is 10.9 Å². The van der Waals surface area contributed by atoms with E-state index in [1.54, 1.807) is 31.5 Å². The summed E-state index contributed by atoms with van der Waals surface area (Å²) in [6.45, 7) is 2.85. The quantitative estimate of drug-likeness (QED) is 0.376. The largest absolute Gasteiger partial charge is 0.496 e. The van der Waals surface area contributed by atoms with Crippen LogP contribution < -0.4 is 10.2 Å². The monoisotopic (exact) mass is 397 g/mol. The zero-order chi connectivity index (χ0) is 20.9. The Bertz CT molecular complexity index is 1210. The maximum atomic E-state index is 12.5. The van der Waals surface area contributed by atoms with Crippen molar-refractivity contribution in [3.8, 4) is 5.75 Å². The van der Waals surface area contributed by atoms with E-state index < -0.39 is 0 Å². The molecule has 1 aromatic heterocycles. The number of methoxy groups -OCH3 is 1. The Balaban J connectivity index is 1.63. The van der Waals surface area contributed by atoms with Crippen molar-refractivity contribution in [3.63, 3.8) is 0 Å². The first-order valence-corrected chi connectivity index (χ1v) is 9.77. The molecule has 1 amide bonds. The number of fused-ring (bicyclic) bond motifs is 1. The number of nitrogens with zero attached hydrogens (tertiary/aromatic N) is 2. The summed E-state index contributed by atoms with van der Waals surface area (Å²) in [6.07, 6.45) is 1.71. The number of hydrogen-bond acceptors (Lipinski definition) is 3. The van der Waals surface area contributed by atoms with Crippen molar-refractivity contribution >= 4 is 23.0 Å². The molecule has 150 valence electrons. The molecule has 0 saturated carbocycles. The average molecular weight is 397 g/mol. The molecule has 4 aromatic rings. The summed E-state index contributed by atoms with van der Waals surface area (Å²) in [5.41, 5.74) is 7.51. The molecule has 5 nitrogen and oxygen atoms in total. The molecule has 5 heteroatoms. The van der Waals surface area contributed by atoms with Gasteiger partial charge in [0.15, 0.2) is 0 Å². The van der Waals surface area contributed by atoms with Gasteiger partial charge < -0.3 is 9.30 Å². The van der Waals surface area contributed by atoms with Crippen molar-refractivity contribution in [1.82, 2.24) is 9.99 Å². The molecule has 0 radical (unpaired) electrons. The number of carbonyl (C=O) groups is 1. The lowest BCUT2D eigenvalue weighted by atomic mass is 10.1. The second-order valence-electron chi connectivity index (χ2n) is 6.99. The predicted molar refractivity (Wildman–Crippen MR) is 120 cm³/mol. The molecule has 0 aliphatic heterocycles. The molecule has 0 bridgehead atoms. The third kappa shape index (κ3) is 3.82.